The molecule has 0 aliphatic heterocycles. The minimum atomic E-state index is -1.25. The number of hydrogen-bond donors (Lipinski definition) is 2. The molecule has 0 heterocycles. The third-order valence-corrected chi connectivity index (χ3v) is 2.72. The fraction of sp³-hybridized carbons (Fsp3) is 0.143. The van der Waals surface area contributed by atoms with Crippen molar-refractivity contribution in [2.45, 2.75) is 6.54 Å². The van der Waals surface area contributed by atoms with Gasteiger partial charge < -0.3 is 15.2 Å². The van der Waals surface area contributed by atoms with Gasteiger partial charge in [-0.2, -0.15) is 0 Å². The zero-order valence-corrected chi connectivity index (χ0v) is 10.6. The van der Waals surface area contributed by atoms with Crippen LogP contribution in [0.15, 0.2) is 30.3 Å². The molecule has 2 rings (SSSR count). The first-order chi connectivity index (χ1) is 9.51. The van der Waals surface area contributed by atoms with Gasteiger partial charge in [-0.15, -0.1) is 0 Å². The largest absolute Gasteiger partial charge is 0.504 e. The maximum atomic E-state index is 13.4. The van der Waals surface area contributed by atoms with E-state index >= 15 is 0 Å². The highest BCUT2D eigenvalue weighted by atomic mass is 19.2. The van der Waals surface area contributed by atoms with Gasteiger partial charge in [0.15, 0.2) is 23.1 Å². The Bertz CT molecular complexity index is 632. The van der Waals surface area contributed by atoms with E-state index < -0.39 is 17.5 Å². The van der Waals surface area contributed by atoms with Gasteiger partial charge in [0.25, 0.3) is 0 Å². The van der Waals surface area contributed by atoms with E-state index in [2.05, 4.69) is 5.32 Å². The minimum absolute atomic E-state index is 0.0285. The van der Waals surface area contributed by atoms with Crippen molar-refractivity contribution in [3.8, 4) is 11.5 Å². The highest BCUT2D eigenvalue weighted by Gasteiger charge is 2.11. The highest BCUT2D eigenvalue weighted by molar-refractivity contribution is 5.47. The molecule has 0 bridgehead atoms. The molecule has 0 fully saturated rings. The Balaban J connectivity index is 2.17. The van der Waals surface area contributed by atoms with Gasteiger partial charge in [0, 0.05) is 18.7 Å². The maximum Gasteiger partial charge on any atom is 0.182 e. The summed E-state index contributed by atoms with van der Waals surface area (Å²) in [4.78, 5) is 0. The topological polar surface area (TPSA) is 41.5 Å². The molecule has 0 saturated heterocycles. The maximum absolute atomic E-state index is 13.4. The predicted molar refractivity (Wildman–Crippen MR) is 68.3 cm³/mol. The van der Waals surface area contributed by atoms with Crippen LogP contribution in [0.4, 0.5) is 18.9 Å². The number of aromatic hydroxyl groups is 1. The molecule has 0 saturated carbocycles. The Hall–Kier alpha value is -2.37. The van der Waals surface area contributed by atoms with Gasteiger partial charge >= 0.3 is 0 Å². The number of nitrogens with one attached hydrogen (secondary N) is 1. The summed E-state index contributed by atoms with van der Waals surface area (Å²) < 4.78 is 44.4. The molecule has 0 radical (unpaired) electrons. The van der Waals surface area contributed by atoms with Crippen LogP contribution in [0, 0.1) is 17.5 Å². The number of halogens is 3. The summed E-state index contributed by atoms with van der Waals surface area (Å²) in [5.74, 6) is -3.03. The molecule has 0 aromatic heterocycles. The molecule has 0 aliphatic carbocycles. The summed E-state index contributed by atoms with van der Waals surface area (Å²) in [6.45, 7) is 0.121. The zero-order chi connectivity index (χ0) is 14.7. The molecule has 6 heteroatoms. The first-order valence-corrected chi connectivity index (χ1v) is 5.75. The van der Waals surface area contributed by atoms with E-state index in [1.54, 1.807) is 6.07 Å². The average Bonchev–Trinajstić information content (AvgIpc) is 2.42. The normalized spacial score (nSPS) is 10.4. The van der Waals surface area contributed by atoms with Crippen molar-refractivity contribution in [3.05, 3.63) is 53.3 Å². The van der Waals surface area contributed by atoms with Gasteiger partial charge in [0.05, 0.1) is 12.8 Å². The Kier molecular flexibility index (Phi) is 4.02. The quantitative estimate of drug-likeness (QED) is 0.845. The molecule has 0 unspecified atom stereocenters. The lowest BCUT2D eigenvalue weighted by atomic mass is 10.2. The van der Waals surface area contributed by atoms with E-state index in [4.69, 9.17) is 4.74 Å². The number of hydrogen-bond acceptors (Lipinski definition) is 3. The second-order valence-corrected chi connectivity index (χ2v) is 4.11. The number of methoxy groups -OCH3 is 1. The van der Waals surface area contributed by atoms with E-state index in [0.717, 1.165) is 6.07 Å². The molecule has 2 N–H and O–H groups in total. The molecule has 3 nitrogen and oxygen atoms in total. The first kappa shape index (κ1) is 14.0. The van der Waals surface area contributed by atoms with Crippen molar-refractivity contribution in [2.24, 2.45) is 0 Å². The highest BCUT2D eigenvalue weighted by Crippen LogP contribution is 2.27. The van der Waals surface area contributed by atoms with E-state index in [1.807, 2.05) is 0 Å². The van der Waals surface area contributed by atoms with Crippen molar-refractivity contribution >= 4 is 5.69 Å². The summed E-state index contributed by atoms with van der Waals surface area (Å²) in [6, 6.07) is 5.88. The second kappa shape index (κ2) is 5.73. The fourth-order valence-electron chi connectivity index (χ4n) is 1.71. The van der Waals surface area contributed by atoms with Crippen molar-refractivity contribution < 1.29 is 23.0 Å². The van der Waals surface area contributed by atoms with Gasteiger partial charge in [-0.25, -0.2) is 13.2 Å². The van der Waals surface area contributed by atoms with Gasteiger partial charge in [-0.3, -0.25) is 0 Å². The van der Waals surface area contributed by atoms with Crippen LogP contribution in [-0.4, -0.2) is 12.2 Å². The average molecular weight is 283 g/mol. The van der Waals surface area contributed by atoms with Gasteiger partial charge in [-0.05, 0) is 17.7 Å². The Morgan fingerprint density at radius 3 is 2.60 bits per heavy atom. The van der Waals surface area contributed by atoms with E-state index in [9.17, 15) is 18.3 Å². The number of anilines is 1. The van der Waals surface area contributed by atoms with E-state index in [1.165, 1.54) is 19.2 Å². The van der Waals surface area contributed by atoms with E-state index in [0.29, 0.717) is 11.6 Å². The molecule has 2 aromatic rings. The lowest BCUT2D eigenvalue weighted by Crippen LogP contribution is -2.04. The van der Waals surface area contributed by atoms with Crippen LogP contribution in [0.2, 0.25) is 0 Å². The van der Waals surface area contributed by atoms with Crippen LogP contribution in [0.5, 0.6) is 11.5 Å². The Labute approximate surface area is 113 Å². The standard InChI is InChI=1S/C14H12F3NO2/c1-20-13-4-8(2-3-12(13)19)7-18-11-6-9(15)5-10(16)14(11)17/h2-6,18-19H,7H2,1H3. The van der Waals surface area contributed by atoms with Crippen LogP contribution < -0.4 is 10.1 Å². The lowest BCUT2D eigenvalue weighted by molar-refractivity contribution is 0.373. The molecule has 0 spiro atoms. The third-order valence-electron chi connectivity index (χ3n) is 2.72. The summed E-state index contributed by atoms with van der Waals surface area (Å²) >= 11 is 0. The van der Waals surface area contributed by atoms with Crippen LogP contribution in [0.3, 0.4) is 0 Å². The SMILES string of the molecule is COc1cc(CNc2cc(F)cc(F)c2F)ccc1O. The molecule has 20 heavy (non-hydrogen) atoms. The van der Waals surface area contributed by atoms with Crippen molar-refractivity contribution in [2.75, 3.05) is 12.4 Å². The minimum Gasteiger partial charge on any atom is -0.504 e. The first-order valence-electron chi connectivity index (χ1n) is 5.75. The molecule has 0 atom stereocenters. The number of phenolic OH excluding ortho intramolecular Hbond substituents is 1. The molecular weight excluding hydrogens is 271 g/mol. The summed E-state index contributed by atoms with van der Waals surface area (Å²) in [5.41, 5.74) is 0.387. The predicted octanol–water partition coefficient (Wildman–Crippen LogP) is 3.43. The molecule has 106 valence electrons. The van der Waals surface area contributed by atoms with Crippen molar-refractivity contribution in [1.29, 1.82) is 0 Å². The fourth-order valence-corrected chi connectivity index (χ4v) is 1.71. The summed E-state index contributed by atoms with van der Waals surface area (Å²) in [6.07, 6.45) is 0. The summed E-state index contributed by atoms with van der Waals surface area (Å²) in [7, 11) is 1.40. The van der Waals surface area contributed by atoms with Gasteiger partial charge in [0.1, 0.15) is 5.82 Å². The van der Waals surface area contributed by atoms with Crippen molar-refractivity contribution in [1.82, 2.24) is 0 Å². The summed E-state index contributed by atoms with van der Waals surface area (Å²) in [5, 5.41) is 12.0. The van der Waals surface area contributed by atoms with Crippen LogP contribution in [0.25, 0.3) is 0 Å². The number of ether oxygens (including phenoxy) is 1. The second-order valence-electron chi connectivity index (χ2n) is 4.11. The Morgan fingerprint density at radius 2 is 1.90 bits per heavy atom. The number of benzene rings is 2. The van der Waals surface area contributed by atoms with E-state index in [-0.39, 0.29) is 23.7 Å². The van der Waals surface area contributed by atoms with Crippen molar-refractivity contribution in [3.63, 3.8) is 0 Å². The zero-order valence-electron chi connectivity index (χ0n) is 10.6. The molecule has 0 amide bonds. The molecule has 2 aromatic carbocycles. The number of rotatable bonds is 4. The molecular formula is C14H12F3NO2. The van der Waals surface area contributed by atoms with Gasteiger partial charge in [0.2, 0.25) is 0 Å². The monoisotopic (exact) mass is 283 g/mol. The van der Waals surface area contributed by atoms with Gasteiger partial charge in [-0.1, -0.05) is 6.07 Å². The smallest absolute Gasteiger partial charge is 0.182 e. The van der Waals surface area contributed by atoms with Crippen LogP contribution in [0.1, 0.15) is 5.56 Å². The number of phenols is 1. The third kappa shape index (κ3) is 2.96. The van der Waals surface area contributed by atoms with Crippen LogP contribution >= 0.6 is 0 Å². The van der Waals surface area contributed by atoms with Crippen LogP contribution in [-0.2, 0) is 6.54 Å². The molecule has 0 aliphatic rings. The Morgan fingerprint density at radius 1 is 1.15 bits per heavy atom. The lowest BCUT2D eigenvalue weighted by Gasteiger charge is -2.10.